The molecule has 1 amide bonds. The minimum atomic E-state index is -0.378. The van der Waals surface area contributed by atoms with Gasteiger partial charge in [0.25, 0.3) is 0 Å². The van der Waals surface area contributed by atoms with Gasteiger partial charge in [0.05, 0.1) is 6.61 Å². The smallest absolute Gasteiger partial charge is 0.229 e. The topological polar surface area (TPSA) is 38.3 Å². The van der Waals surface area contributed by atoms with Crippen molar-refractivity contribution in [3.05, 3.63) is 24.3 Å². The summed E-state index contributed by atoms with van der Waals surface area (Å²) in [4.78, 5) is 11.7. The standard InChI is InChI=1S/C14H21NO2/c1-5-10-17-12-8-6-11(7-9-12)15-13(16)14(2,3)4/h6-9H,5,10H2,1-4H3,(H,15,16). The number of amides is 1. The van der Waals surface area contributed by atoms with Crippen molar-refractivity contribution in [2.24, 2.45) is 5.41 Å². The molecular weight excluding hydrogens is 214 g/mol. The molecule has 3 heteroatoms. The number of ether oxygens (including phenoxy) is 1. The number of carbonyl (C=O) groups is 1. The van der Waals surface area contributed by atoms with Gasteiger partial charge in [-0.1, -0.05) is 27.7 Å². The molecule has 0 atom stereocenters. The second-order valence-corrected chi connectivity index (χ2v) is 5.08. The van der Waals surface area contributed by atoms with Crippen molar-refractivity contribution in [1.29, 1.82) is 0 Å². The van der Waals surface area contributed by atoms with Crippen LogP contribution in [0.4, 0.5) is 5.69 Å². The lowest BCUT2D eigenvalue weighted by molar-refractivity contribution is -0.123. The van der Waals surface area contributed by atoms with Gasteiger partial charge >= 0.3 is 0 Å². The van der Waals surface area contributed by atoms with Crippen molar-refractivity contribution in [2.75, 3.05) is 11.9 Å². The fraction of sp³-hybridized carbons (Fsp3) is 0.500. The van der Waals surface area contributed by atoms with E-state index in [1.54, 1.807) is 0 Å². The predicted octanol–water partition coefficient (Wildman–Crippen LogP) is 3.46. The number of rotatable bonds is 4. The van der Waals surface area contributed by atoms with E-state index in [4.69, 9.17) is 4.74 Å². The lowest BCUT2D eigenvalue weighted by atomic mass is 9.95. The van der Waals surface area contributed by atoms with Crippen LogP contribution in [0, 0.1) is 5.41 Å². The molecule has 0 aliphatic rings. The van der Waals surface area contributed by atoms with Gasteiger partial charge in [0.1, 0.15) is 5.75 Å². The van der Waals surface area contributed by atoms with Gasteiger partial charge in [-0.3, -0.25) is 4.79 Å². The summed E-state index contributed by atoms with van der Waals surface area (Å²) < 4.78 is 5.47. The predicted molar refractivity (Wildman–Crippen MR) is 70.3 cm³/mol. The Balaban J connectivity index is 2.59. The number of nitrogens with one attached hydrogen (secondary N) is 1. The lowest BCUT2D eigenvalue weighted by Gasteiger charge is -2.17. The van der Waals surface area contributed by atoms with Crippen LogP contribution < -0.4 is 10.1 Å². The quantitative estimate of drug-likeness (QED) is 0.868. The average molecular weight is 235 g/mol. The number of benzene rings is 1. The summed E-state index contributed by atoms with van der Waals surface area (Å²) in [5, 5.41) is 2.87. The maximum atomic E-state index is 11.7. The van der Waals surface area contributed by atoms with Crippen LogP contribution in [-0.4, -0.2) is 12.5 Å². The minimum absolute atomic E-state index is 0.0136. The first-order valence-electron chi connectivity index (χ1n) is 5.98. The van der Waals surface area contributed by atoms with Crippen LogP contribution in [0.1, 0.15) is 34.1 Å². The first kappa shape index (κ1) is 13.6. The summed E-state index contributed by atoms with van der Waals surface area (Å²) in [6, 6.07) is 7.45. The van der Waals surface area contributed by atoms with Crippen LogP contribution in [0.3, 0.4) is 0 Å². The highest BCUT2D eigenvalue weighted by Crippen LogP contribution is 2.19. The van der Waals surface area contributed by atoms with Gasteiger partial charge in [-0.15, -0.1) is 0 Å². The third kappa shape index (κ3) is 4.47. The molecule has 0 radical (unpaired) electrons. The summed E-state index contributed by atoms with van der Waals surface area (Å²) in [6.07, 6.45) is 0.989. The Morgan fingerprint density at radius 2 is 1.82 bits per heavy atom. The zero-order valence-electron chi connectivity index (χ0n) is 11.0. The molecule has 0 aliphatic heterocycles. The monoisotopic (exact) mass is 235 g/mol. The van der Waals surface area contributed by atoms with Crippen molar-refractivity contribution in [1.82, 2.24) is 0 Å². The molecule has 17 heavy (non-hydrogen) atoms. The molecule has 94 valence electrons. The van der Waals surface area contributed by atoms with Crippen LogP contribution in [-0.2, 0) is 4.79 Å². The summed E-state index contributed by atoms with van der Waals surface area (Å²) in [5.74, 6) is 0.848. The van der Waals surface area contributed by atoms with E-state index in [-0.39, 0.29) is 11.3 Å². The number of anilines is 1. The molecule has 1 N–H and O–H groups in total. The van der Waals surface area contributed by atoms with E-state index in [1.165, 1.54) is 0 Å². The zero-order valence-corrected chi connectivity index (χ0v) is 11.0. The van der Waals surface area contributed by atoms with Gasteiger partial charge in [0.15, 0.2) is 0 Å². The van der Waals surface area contributed by atoms with E-state index in [0.29, 0.717) is 6.61 Å². The molecule has 0 fully saturated rings. The van der Waals surface area contributed by atoms with Crippen LogP contribution in [0.5, 0.6) is 5.75 Å². The van der Waals surface area contributed by atoms with E-state index in [2.05, 4.69) is 12.2 Å². The van der Waals surface area contributed by atoms with Gasteiger partial charge < -0.3 is 10.1 Å². The van der Waals surface area contributed by atoms with E-state index in [1.807, 2.05) is 45.0 Å². The average Bonchev–Trinajstić information content (AvgIpc) is 2.27. The number of hydrogen-bond donors (Lipinski definition) is 1. The Labute approximate surface area is 103 Å². The van der Waals surface area contributed by atoms with Crippen LogP contribution in [0.15, 0.2) is 24.3 Å². The maximum absolute atomic E-state index is 11.7. The SMILES string of the molecule is CCCOc1ccc(NC(=O)C(C)(C)C)cc1. The Hall–Kier alpha value is -1.51. The van der Waals surface area contributed by atoms with E-state index in [9.17, 15) is 4.79 Å². The molecule has 1 aromatic carbocycles. The maximum Gasteiger partial charge on any atom is 0.229 e. The van der Waals surface area contributed by atoms with Crippen LogP contribution >= 0.6 is 0 Å². The Morgan fingerprint density at radius 3 is 2.29 bits per heavy atom. The summed E-state index contributed by atoms with van der Waals surface area (Å²) in [6.45, 7) is 8.45. The molecule has 0 aromatic heterocycles. The highest BCUT2D eigenvalue weighted by atomic mass is 16.5. The largest absolute Gasteiger partial charge is 0.494 e. The second-order valence-electron chi connectivity index (χ2n) is 5.08. The highest BCUT2D eigenvalue weighted by Gasteiger charge is 2.20. The summed E-state index contributed by atoms with van der Waals surface area (Å²) >= 11 is 0. The van der Waals surface area contributed by atoms with Crippen molar-refractivity contribution >= 4 is 11.6 Å². The third-order valence-corrected chi connectivity index (χ3v) is 2.27. The molecular formula is C14H21NO2. The zero-order chi connectivity index (χ0) is 12.9. The molecule has 1 rings (SSSR count). The van der Waals surface area contributed by atoms with Crippen molar-refractivity contribution < 1.29 is 9.53 Å². The Morgan fingerprint density at radius 1 is 1.24 bits per heavy atom. The van der Waals surface area contributed by atoms with E-state index < -0.39 is 0 Å². The van der Waals surface area contributed by atoms with Crippen molar-refractivity contribution in [3.63, 3.8) is 0 Å². The molecule has 0 unspecified atom stereocenters. The molecule has 0 bridgehead atoms. The van der Waals surface area contributed by atoms with Gasteiger partial charge in [-0.2, -0.15) is 0 Å². The van der Waals surface area contributed by atoms with E-state index >= 15 is 0 Å². The fourth-order valence-electron chi connectivity index (χ4n) is 1.17. The molecule has 0 spiro atoms. The molecule has 0 aliphatic carbocycles. The molecule has 0 heterocycles. The van der Waals surface area contributed by atoms with Crippen LogP contribution in [0.25, 0.3) is 0 Å². The van der Waals surface area contributed by atoms with Crippen molar-refractivity contribution in [2.45, 2.75) is 34.1 Å². The highest BCUT2D eigenvalue weighted by molar-refractivity contribution is 5.94. The first-order chi connectivity index (χ1) is 7.93. The molecule has 1 aromatic rings. The molecule has 0 saturated heterocycles. The van der Waals surface area contributed by atoms with E-state index in [0.717, 1.165) is 17.9 Å². The first-order valence-corrected chi connectivity index (χ1v) is 5.98. The normalized spacial score (nSPS) is 11.1. The Bertz CT molecular complexity index is 363. The van der Waals surface area contributed by atoms with Gasteiger partial charge in [0.2, 0.25) is 5.91 Å². The van der Waals surface area contributed by atoms with Gasteiger partial charge in [-0.05, 0) is 30.7 Å². The van der Waals surface area contributed by atoms with Gasteiger partial charge in [-0.25, -0.2) is 0 Å². The van der Waals surface area contributed by atoms with Crippen LogP contribution in [0.2, 0.25) is 0 Å². The van der Waals surface area contributed by atoms with Gasteiger partial charge in [0, 0.05) is 11.1 Å². The molecule has 0 saturated carbocycles. The molecule has 3 nitrogen and oxygen atoms in total. The van der Waals surface area contributed by atoms with Crippen molar-refractivity contribution in [3.8, 4) is 5.75 Å². The Kier molecular flexibility index (Phi) is 4.55. The lowest BCUT2D eigenvalue weighted by Crippen LogP contribution is -2.27. The second kappa shape index (κ2) is 5.71. The fourth-order valence-corrected chi connectivity index (χ4v) is 1.17. The third-order valence-electron chi connectivity index (χ3n) is 2.27. The minimum Gasteiger partial charge on any atom is -0.494 e. The summed E-state index contributed by atoms with van der Waals surface area (Å²) in [7, 11) is 0. The summed E-state index contributed by atoms with van der Waals surface area (Å²) in [5.41, 5.74) is 0.422. The number of hydrogen-bond acceptors (Lipinski definition) is 2. The number of carbonyl (C=O) groups excluding carboxylic acids is 1.